The smallest absolute Gasteiger partial charge is 0.0632 e. The Morgan fingerprint density at radius 2 is 2.13 bits per heavy atom. The topological polar surface area (TPSA) is 15.3 Å². The fourth-order valence-electron chi connectivity index (χ4n) is 2.33. The summed E-state index contributed by atoms with van der Waals surface area (Å²) in [6.07, 6.45) is 1.18. The zero-order chi connectivity index (χ0) is 11.0. The van der Waals surface area contributed by atoms with Crippen LogP contribution in [0.3, 0.4) is 0 Å². The lowest BCUT2D eigenvalue weighted by atomic mass is 10.0. The average molecular weight is 204 g/mol. The fraction of sp³-hybridized carbons (Fsp3) is 0.538. The summed E-state index contributed by atoms with van der Waals surface area (Å²) >= 11 is 0. The molecule has 0 saturated heterocycles. The van der Waals surface area contributed by atoms with Gasteiger partial charge >= 0.3 is 0 Å². The third kappa shape index (κ3) is 1.69. The van der Waals surface area contributed by atoms with Crippen molar-refractivity contribution in [2.45, 2.75) is 33.2 Å². The number of fused-ring (bicyclic) bond motifs is 1. The van der Waals surface area contributed by atoms with Crippen LogP contribution in [0.1, 0.15) is 24.5 Å². The molecule has 82 valence electrons. The molecular weight excluding hydrogens is 184 g/mol. The Balaban J connectivity index is 2.45. The van der Waals surface area contributed by atoms with Crippen molar-refractivity contribution in [3.63, 3.8) is 0 Å². The molecule has 1 heterocycles. The summed E-state index contributed by atoms with van der Waals surface area (Å²) in [5.41, 5.74) is 5.44. The number of nitrogens with zero attached hydrogens (tertiary/aromatic N) is 1. The van der Waals surface area contributed by atoms with E-state index >= 15 is 0 Å². The molecule has 0 fully saturated rings. The molecule has 1 unspecified atom stereocenters. The lowest BCUT2D eigenvalue weighted by Crippen LogP contribution is -2.39. The normalized spacial score (nSPS) is 19.7. The van der Waals surface area contributed by atoms with E-state index < -0.39 is 0 Å². The molecule has 1 N–H and O–H groups in total. The minimum atomic E-state index is 0.588. The van der Waals surface area contributed by atoms with E-state index in [9.17, 15) is 0 Å². The number of hydrogen-bond acceptors (Lipinski definition) is 2. The molecule has 0 bridgehead atoms. The maximum absolute atomic E-state index is 3.60. The summed E-state index contributed by atoms with van der Waals surface area (Å²) in [7, 11) is 2.19. The summed E-state index contributed by atoms with van der Waals surface area (Å²) in [6.45, 7) is 7.72. The van der Waals surface area contributed by atoms with Gasteiger partial charge in [-0.1, -0.05) is 13.0 Å². The second-order valence-electron chi connectivity index (χ2n) is 4.53. The summed E-state index contributed by atoms with van der Waals surface area (Å²) in [5, 5.41) is 3.60. The summed E-state index contributed by atoms with van der Waals surface area (Å²) < 4.78 is 0. The number of hydrogen-bond donors (Lipinski definition) is 1. The second kappa shape index (κ2) is 3.76. The molecule has 2 rings (SSSR count). The Hall–Kier alpha value is -1.18. The first-order chi connectivity index (χ1) is 7.13. The molecule has 0 radical (unpaired) electrons. The molecule has 0 spiro atoms. The Labute approximate surface area is 92.3 Å². The van der Waals surface area contributed by atoms with E-state index in [0.29, 0.717) is 6.04 Å². The summed E-state index contributed by atoms with van der Waals surface area (Å²) in [5.74, 6) is 0. The summed E-state index contributed by atoms with van der Waals surface area (Å²) in [4.78, 5) is 2.38. The van der Waals surface area contributed by atoms with Crippen molar-refractivity contribution in [2.75, 3.05) is 23.8 Å². The van der Waals surface area contributed by atoms with Gasteiger partial charge in [-0.2, -0.15) is 0 Å². The molecule has 0 aliphatic carbocycles. The number of anilines is 2. The van der Waals surface area contributed by atoms with Crippen molar-refractivity contribution in [1.82, 2.24) is 0 Å². The molecule has 1 aromatic rings. The van der Waals surface area contributed by atoms with E-state index in [1.165, 1.54) is 28.9 Å². The Bertz CT molecular complexity index is 371. The van der Waals surface area contributed by atoms with Gasteiger partial charge in [-0.05, 0) is 37.5 Å². The molecule has 1 atom stereocenters. The van der Waals surface area contributed by atoms with Crippen LogP contribution in [0.4, 0.5) is 11.4 Å². The number of benzene rings is 1. The van der Waals surface area contributed by atoms with Crippen molar-refractivity contribution in [3.05, 3.63) is 23.3 Å². The van der Waals surface area contributed by atoms with Crippen LogP contribution in [0.2, 0.25) is 0 Å². The van der Waals surface area contributed by atoms with Gasteiger partial charge in [0, 0.05) is 19.6 Å². The lowest BCUT2D eigenvalue weighted by Gasteiger charge is -2.36. The first-order valence-electron chi connectivity index (χ1n) is 5.71. The minimum absolute atomic E-state index is 0.588. The summed E-state index contributed by atoms with van der Waals surface area (Å²) in [6, 6.07) is 4.99. The van der Waals surface area contributed by atoms with Crippen molar-refractivity contribution >= 4 is 11.4 Å². The minimum Gasteiger partial charge on any atom is -0.379 e. The van der Waals surface area contributed by atoms with Gasteiger partial charge in [-0.3, -0.25) is 0 Å². The molecule has 0 aromatic heterocycles. The average Bonchev–Trinajstić information content (AvgIpc) is 2.23. The van der Waals surface area contributed by atoms with Gasteiger partial charge in [0.15, 0.2) is 0 Å². The molecule has 0 amide bonds. The highest BCUT2D eigenvalue weighted by Crippen LogP contribution is 2.35. The van der Waals surface area contributed by atoms with Gasteiger partial charge in [0.25, 0.3) is 0 Å². The van der Waals surface area contributed by atoms with Gasteiger partial charge in [0.05, 0.1) is 11.4 Å². The van der Waals surface area contributed by atoms with Crippen molar-refractivity contribution in [2.24, 2.45) is 0 Å². The monoisotopic (exact) mass is 204 g/mol. The van der Waals surface area contributed by atoms with Crippen LogP contribution in [0, 0.1) is 13.8 Å². The van der Waals surface area contributed by atoms with Gasteiger partial charge in [-0.15, -0.1) is 0 Å². The molecule has 1 aromatic carbocycles. The van der Waals surface area contributed by atoms with Crippen LogP contribution < -0.4 is 10.2 Å². The molecule has 2 heteroatoms. The highest BCUT2D eigenvalue weighted by molar-refractivity contribution is 5.77. The third-order valence-electron chi connectivity index (χ3n) is 3.43. The number of rotatable bonds is 1. The van der Waals surface area contributed by atoms with Crippen LogP contribution in [0.15, 0.2) is 12.1 Å². The SMILES string of the molecule is CCC1CN(C)c2c(ccc(C)c2C)N1. The van der Waals surface area contributed by atoms with Gasteiger partial charge in [-0.25, -0.2) is 0 Å². The predicted octanol–water partition coefficient (Wildman–Crippen LogP) is 2.94. The third-order valence-corrected chi connectivity index (χ3v) is 3.43. The predicted molar refractivity (Wildman–Crippen MR) is 66.9 cm³/mol. The molecule has 1 aliphatic heterocycles. The van der Waals surface area contributed by atoms with Crippen LogP contribution >= 0.6 is 0 Å². The van der Waals surface area contributed by atoms with Gasteiger partial charge < -0.3 is 10.2 Å². The van der Waals surface area contributed by atoms with E-state index in [0.717, 1.165) is 6.54 Å². The second-order valence-corrected chi connectivity index (χ2v) is 4.53. The number of aryl methyl sites for hydroxylation is 1. The molecule has 15 heavy (non-hydrogen) atoms. The quantitative estimate of drug-likeness (QED) is 0.756. The van der Waals surface area contributed by atoms with Gasteiger partial charge in [0.2, 0.25) is 0 Å². The first-order valence-corrected chi connectivity index (χ1v) is 5.71. The van der Waals surface area contributed by atoms with E-state index in [-0.39, 0.29) is 0 Å². The highest BCUT2D eigenvalue weighted by atomic mass is 15.2. The highest BCUT2D eigenvalue weighted by Gasteiger charge is 2.21. The van der Waals surface area contributed by atoms with E-state index in [1.807, 2.05) is 0 Å². The zero-order valence-corrected chi connectivity index (χ0v) is 10.1. The van der Waals surface area contributed by atoms with Crippen LogP contribution in [0.25, 0.3) is 0 Å². The standard InChI is InChI=1S/C13H20N2/c1-5-11-8-15(4)13-10(3)9(2)6-7-12(13)14-11/h6-7,11,14H,5,8H2,1-4H3. The van der Waals surface area contributed by atoms with Crippen molar-refractivity contribution < 1.29 is 0 Å². The van der Waals surface area contributed by atoms with Crippen molar-refractivity contribution in [1.29, 1.82) is 0 Å². The number of nitrogens with one attached hydrogen (secondary N) is 1. The maximum atomic E-state index is 3.60. The molecular formula is C13H20N2. The Morgan fingerprint density at radius 3 is 2.80 bits per heavy atom. The zero-order valence-electron chi connectivity index (χ0n) is 10.1. The van der Waals surface area contributed by atoms with Gasteiger partial charge in [0.1, 0.15) is 0 Å². The molecule has 0 saturated carbocycles. The Kier molecular flexibility index (Phi) is 2.59. The largest absolute Gasteiger partial charge is 0.379 e. The maximum Gasteiger partial charge on any atom is 0.0632 e. The van der Waals surface area contributed by atoms with E-state index in [2.05, 4.69) is 50.2 Å². The van der Waals surface area contributed by atoms with Crippen LogP contribution in [0.5, 0.6) is 0 Å². The van der Waals surface area contributed by atoms with E-state index in [4.69, 9.17) is 0 Å². The van der Waals surface area contributed by atoms with Crippen LogP contribution in [-0.2, 0) is 0 Å². The molecule has 2 nitrogen and oxygen atoms in total. The number of likely N-dealkylation sites (N-methyl/N-ethyl adjacent to an activating group) is 1. The van der Waals surface area contributed by atoms with Crippen LogP contribution in [-0.4, -0.2) is 19.6 Å². The lowest BCUT2D eigenvalue weighted by molar-refractivity contribution is 0.661. The fourth-order valence-corrected chi connectivity index (χ4v) is 2.33. The molecule has 1 aliphatic rings. The Morgan fingerprint density at radius 1 is 1.40 bits per heavy atom. The van der Waals surface area contributed by atoms with E-state index in [1.54, 1.807) is 0 Å². The van der Waals surface area contributed by atoms with Crippen molar-refractivity contribution in [3.8, 4) is 0 Å². The first kappa shape index (κ1) is 10.3.